The van der Waals surface area contributed by atoms with Gasteiger partial charge in [-0.05, 0) is 37.3 Å². The first-order valence-electron chi connectivity index (χ1n) is 8.55. The maximum atomic E-state index is 12.1. The van der Waals surface area contributed by atoms with Gasteiger partial charge in [0.05, 0.1) is 4.90 Å². The van der Waals surface area contributed by atoms with Gasteiger partial charge in [-0.3, -0.25) is 14.4 Å². The average molecular weight is 419 g/mol. The van der Waals surface area contributed by atoms with Crippen LogP contribution < -0.4 is 15.4 Å². The molecular weight excluding hydrogens is 398 g/mol. The fourth-order valence-corrected chi connectivity index (χ4v) is 3.20. The number of anilines is 2. The van der Waals surface area contributed by atoms with Gasteiger partial charge in [0.1, 0.15) is 6.54 Å². The van der Waals surface area contributed by atoms with Crippen LogP contribution in [0.4, 0.5) is 11.4 Å². The van der Waals surface area contributed by atoms with E-state index in [0.717, 1.165) is 5.56 Å². The van der Waals surface area contributed by atoms with Gasteiger partial charge < -0.3 is 15.4 Å². The van der Waals surface area contributed by atoms with Crippen molar-refractivity contribution in [1.82, 2.24) is 4.72 Å². The smallest absolute Gasteiger partial charge is 0.321 e. The summed E-state index contributed by atoms with van der Waals surface area (Å²) in [5, 5.41) is 5.08. The van der Waals surface area contributed by atoms with Gasteiger partial charge in [-0.25, -0.2) is 8.42 Å². The van der Waals surface area contributed by atoms with E-state index in [4.69, 9.17) is 4.74 Å². The second-order valence-electron chi connectivity index (χ2n) is 6.11. The lowest BCUT2D eigenvalue weighted by molar-refractivity contribution is -0.146. The lowest BCUT2D eigenvalue weighted by Crippen LogP contribution is -2.32. The highest BCUT2D eigenvalue weighted by Crippen LogP contribution is 2.15. The Kier molecular flexibility index (Phi) is 7.46. The van der Waals surface area contributed by atoms with Crippen LogP contribution in [0.5, 0.6) is 0 Å². The molecule has 0 spiro atoms. The maximum absolute atomic E-state index is 12.1. The van der Waals surface area contributed by atoms with E-state index < -0.39 is 35.1 Å². The molecule has 2 aromatic rings. The molecule has 2 rings (SSSR count). The Morgan fingerprint density at radius 3 is 2.21 bits per heavy atom. The molecule has 2 aromatic carbocycles. The van der Waals surface area contributed by atoms with Gasteiger partial charge in [0.25, 0.3) is 5.91 Å². The van der Waals surface area contributed by atoms with Gasteiger partial charge in [0.15, 0.2) is 6.61 Å². The lowest BCUT2D eigenvalue weighted by atomic mass is 10.2. The van der Waals surface area contributed by atoms with Gasteiger partial charge in [-0.15, -0.1) is 0 Å². The summed E-state index contributed by atoms with van der Waals surface area (Å²) in [6.07, 6.45) is 0. The van der Waals surface area contributed by atoms with Crippen LogP contribution in [0.1, 0.15) is 12.5 Å². The molecule has 0 bridgehead atoms. The van der Waals surface area contributed by atoms with Gasteiger partial charge in [0.2, 0.25) is 15.9 Å². The van der Waals surface area contributed by atoms with Crippen LogP contribution in [-0.2, 0) is 29.1 Å². The van der Waals surface area contributed by atoms with Crippen molar-refractivity contribution >= 4 is 39.2 Å². The molecule has 0 aliphatic heterocycles. The third-order valence-electron chi connectivity index (χ3n) is 3.57. The molecule has 2 amide bonds. The Morgan fingerprint density at radius 1 is 0.966 bits per heavy atom. The number of esters is 1. The van der Waals surface area contributed by atoms with Crippen LogP contribution in [0.15, 0.2) is 53.4 Å². The molecule has 0 saturated heterocycles. The Labute approximate surface area is 168 Å². The minimum atomic E-state index is -3.86. The number of nitrogens with one attached hydrogen (secondary N) is 3. The molecule has 3 N–H and O–H groups in total. The number of hydrogen-bond donors (Lipinski definition) is 3. The summed E-state index contributed by atoms with van der Waals surface area (Å²) in [7, 11) is -3.86. The molecule has 0 radical (unpaired) electrons. The van der Waals surface area contributed by atoms with Gasteiger partial charge in [0, 0.05) is 18.3 Å². The lowest BCUT2D eigenvalue weighted by Gasteiger charge is -2.09. The van der Waals surface area contributed by atoms with Crippen LogP contribution in [0.3, 0.4) is 0 Å². The second kappa shape index (κ2) is 9.80. The Morgan fingerprint density at radius 2 is 1.59 bits per heavy atom. The summed E-state index contributed by atoms with van der Waals surface area (Å²) in [5.41, 5.74) is 1.80. The molecule has 0 aromatic heterocycles. The van der Waals surface area contributed by atoms with Crippen LogP contribution in [0.2, 0.25) is 0 Å². The van der Waals surface area contributed by atoms with E-state index in [0.29, 0.717) is 11.4 Å². The van der Waals surface area contributed by atoms with Crippen molar-refractivity contribution in [2.75, 3.05) is 23.8 Å². The van der Waals surface area contributed by atoms with Crippen LogP contribution in [-0.4, -0.2) is 39.4 Å². The first-order chi connectivity index (χ1) is 13.7. The minimum absolute atomic E-state index is 0.0210. The summed E-state index contributed by atoms with van der Waals surface area (Å²) >= 11 is 0. The number of ether oxygens (including phenoxy) is 1. The topological polar surface area (TPSA) is 131 Å². The largest absolute Gasteiger partial charge is 0.455 e. The van der Waals surface area contributed by atoms with Crippen LogP contribution in [0.25, 0.3) is 0 Å². The fraction of sp³-hybridized carbons (Fsp3) is 0.211. The van der Waals surface area contributed by atoms with Crippen LogP contribution in [0, 0.1) is 6.92 Å². The van der Waals surface area contributed by atoms with Crippen molar-refractivity contribution in [3.05, 3.63) is 54.1 Å². The zero-order valence-corrected chi connectivity index (χ0v) is 16.7. The van der Waals surface area contributed by atoms with Gasteiger partial charge in [-0.1, -0.05) is 23.8 Å². The monoisotopic (exact) mass is 419 g/mol. The third kappa shape index (κ3) is 7.35. The predicted molar refractivity (Wildman–Crippen MR) is 107 cm³/mol. The fourth-order valence-electron chi connectivity index (χ4n) is 2.23. The number of aryl methyl sites for hydroxylation is 1. The summed E-state index contributed by atoms with van der Waals surface area (Å²) in [6, 6.07) is 12.5. The van der Waals surface area contributed by atoms with Crippen molar-refractivity contribution in [3.8, 4) is 0 Å². The summed E-state index contributed by atoms with van der Waals surface area (Å²) in [4.78, 5) is 34.7. The van der Waals surface area contributed by atoms with Crippen molar-refractivity contribution in [2.45, 2.75) is 18.7 Å². The average Bonchev–Trinajstić information content (AvgIpc) is 2.65. The Bertz CT molecular complexity index is 1000. The molecule has 0 saturated carbocycles. The van der Waals surface area contributed by atoms with E-state index in [1.807, 2.05) is 6.92 Å². The molecule has 0 atom stereocenters. The van der Waals surface area contributed by atoms with E-state index in [9.17, 15) is 22.8 Å². The molecule has 10 heteroatoms. The van der Waals surface area contributed by atoms with Gasteiger partial charge in [-0.2, -0.15) is 4.72 Å². The number of carbonyl (C=O) groups excluding carboxylic acids is 3. The number of carbonyl (C=O) groups is 3. The highest BCUT2D eigenvalue weighted by molar-refractivity contribution is 7.89. The van der Waals surface area contributed by atoms with Crippen LogP contribution >= 0.6 is 0 Å². The molecule has 0 fully saturated rings. The summed E-state index contributed by atoms with van der Waals surface area (Å²) < 4.78 is 31.1. The Hall–Kier alpha value is -3.24. The van der Waals surface area contributed by atoms with E-state index in [1.165, 1.54) is 25.1 Å². The molecule has 154 valence electrons. The molecule has 0 aliphatic carbocycles. The number of benzene rings is 2. The van der Waals surface area contributed by atoms with Crippen molar-refractivity contribution in [3.63, 3.8) is 0 Å². The Balaban J connectivity index is 1.80. The molecule has 0 aliphatic rings. The van der Waals surface area contributed by atoms with Crippen molar-refractivity contribution in [1.29, 1.82) is 0 Å². The minimum Gasteiger partial charge on any atom is -0.455 e. The van der Waals surface area contributed by atoms with E-state index >= 15 is 0 Å². The number of hydrogen-bond acceptors (Lipinski definition) is 6. The second-order valence-corrected chi connectivity index (χ2v) is 7.88. The highest BCUT2D eigenvalue weighted by atomic mass is 32.2. The summed E-state index contributed by atoms with van der Waals surface area (Å²) in [5.74, 6) is -1.77. The molecule has 9 nitrogen and oxygen atoms in total. The molecule has 29 heavy (non-hydrogen) atoms. The third-order valence-corrected chi connectivity index (χ3v) is 4.99. The SMILES string of the molecule is CC(=O)Nc1cccc(NC(=O)COC(=O)CNS(=O)(=O)c2ccc(C)cc2)c1. The summed E-state index contributed by atoms with van der Waals surface area (Å²) in [6.45, 7) is 1.98. The quantitative estimate of drug-likeness (QED) is 0.555. The van der Waals surface area contributed by atoms with Gasteiger partial charge >= 0.3 is 5.97 Å². The van der Waals surface area contributed by atoms with E-state index in [1.54, 1.807) is 30.3 Å². The maximum Gasteiger partial charge on any atom is 0.321 e. The normalized spacial score (nSPS) is 10.8. The number of amides is 2. The first-order valence-corrected chi connectivity index (χ1v) is 10.0. The van der Waals surface area contributed by atoms with E-state index in [2.05, 4.69) is 15.4 Å². The van der Waals surface area contributed by atoms with Crippen molar-refractivity contribution in [2.24, 2.45) is 0 Å². The zero-order valence-electron chi connectivity index (χ0n) is 15.9. The predicted octanol–water partition coefficient (Wildman–Crippen LogP) is 1.41. The molecule has 0 unspecified atom stereocenters. The molecule has 0 heterocycles. The number of rotatable bonds is 8. The molecular formula is C19H21N3O6S. The first kappa shape index (κ1) is 22.1. The van der Waals surface area contributed by atoms with Crippen molar-refractivity contribution < 1.29 is 27.5 Å². The number of sulfonamides is 1. The van der Waals surface area contributed by atoms with E-state index in [-0.39, 0.29) is 10.8 Å². The zero-order chi connectivity index (χ0) is 21.4. The standard InChI is InChI=1S/C19H21N3O6S/c1-13-6-8-17(9-7-13)29(26,27)20-11-19(25)28-12-18(24)22-16-5-3-4-15(10-16)21-14(2)23/h3-10,20H,11-12H2,1-2H3,(H,21,23)(H,22,24). The highest BCUT2D eigenvalue weighted by Gasteiger charge is 2.16.